The van der Waals surface area contributed by atoms with Crippen LogP contribution in [0.4, 0.5) is 0 Å². The van der Waals surface area contributed by atoms with Crippen molar-refractivity contribution >= 4 is 5.91 Å². The number of aryl methyl sites for hydroxylation is 2. The summed E-state index contributed by atoms with van der Waals surface area (Å²) in [5, 5.41) is 4.09. The van der Waals surface area contributed by atoms with Gasteiger partial charge in [-0.25, -0.2) is 0 Å². The van der Waals surface area contributed by atoms with E-state index in [0.29, 0.717) is 24.7 Å². The van der Waals surface area contributed by atoms with E-state index in [1.165, 1.54) is 11.1 Å². The molecule has 0 aliphatic carbocycles. The van der Waals surface area contributed by atoms with E-state index in [2.05, 4.69) is 46.2 Å². The van der Waals surface area contributed by atoms with Gasteiger partial charge < -0.3 is 14.2 Å². The third-order valence-electron chi connectivity index (χ3n) is 5.65. The highest BCUT2D eigenvalue weighted by Crippen LogP contribution is 2.20. The summed E-state index contributed by atoms with van der Waals surface area (Å²) in [6.07, 6.45) is 1.34. The number of aromatic nitrogens is 2. The number of hydrogen-bond donors (Lipinski definition) is 0. The smallest absolute Gasteiger partial charge is 0.241 e. The SMILES string of the molecule is COc1ccc(-c2noc(CN3CCN(C(=O)CCc4ccc(C)cc4)CC3)n2)cc1. The van der Waals surface area contributed by atoms with Crippen LogP contribution in [0.25, 0.3) is 11.4 Å². The van der Waals surface area contributed by atoms with Crippen molar-refractivity contribution < 1.29 is 14.1 Å². The van der Waals surface area contributed by atoms with E-state index in [4.69, 9.17) is 9.26 Å². The van der Waals surface area contributed by atoms with Crippen molar-refractivity contribution in [2.24, 2.45) is 0 Å². The summed E-state index contributed by atoms with van der Waals surface area (Å²) < 4.78 is 10.6. The molecule has 3 aromatic rings. The number of ether oxygens (including phenoxy) is 1. The van der Waals surface area contributed by atoms with E-state index in [1.54, 1.807) is 7.11 Å². The fourth-order valence-electron chi connectivity index (χ4n) is 3.69. The summed E-state index contributed by atoms with van der Waals surface area (Å²) in [5.74, 6) is 2.17. The van der Waals surface area contributed by atoms with Crippen LogP contribution in [-0.2, 0) is 17.8 Å². The van der Waals surface area contributed by atoms with Gasteiger partial charge in [0.2, 0.25) is 17.6 Å². The van der Waals surface area contributed by atoms with E-state index < -0.39 is 0 Å². The van der Waals surface area contributed by atoms with Crippen LogP contribution in [0.5, 0.6) is 5.75 Å². The molecule has 162 valence electrons. The number of nitrogens with zero attached hydrogens (tertiary/aromatic N) is 4. The Morgan fingerprint density at radius 2 is 1.74 bits per heavy atom. The highest BCUT2D eigenvalue weighted by atomic mass is 16.5. The Bertz CT molecular complexity index is 990. The van der Waals surface area contributed by atoms with Gasteiger partial charge in [-0.1, -0.05) is 35.0 Å². The van der Waals surface area contributed by atoms with Gasteiger partial charge in [0.05, 0.1) is 13.7 Å². The topological polar surface area (TPSA) is 71.7 Å². The lowest BCUT2D eigenvalue weighted by Crippen LogP contribution is -2.48. The molecular formula is C24H28N4O3. The Labute approximate surface area is 182 Å². The highest BCUT2D eigenvalue weighted by molar-refractivity contribution is 5.76. The van der Waals surface area contributed by atoms with Gasteiger partial charge in [-0.15, -0.1) is 0 Å². The summed E-state index contributed by atoms with van der Waals surface area (Å²) >= 11 is 0. The van der Waals surface area contributed by atoms with Crippen molar-refractivity contribution in [1.82, 2.24) is 19.9 Å². The predicted molar refractivity (Wildman–Crippen MR) is 118 cm³/mol. The molecule has 4 rings (SSSR count). The summed E-state index contributed by atoms with van der Waals surface area (Å²) in [5.41, 5.74) is 3.34. The zero-order valence-electron chi connectivity index (χ0n) is 18.1. The third kappa shape index (κ3) is 5.49. The minimum Gasteiger partial charge on any atom is -0.497 e. The van der Waals surface area contributed by atoms with Gasteiger partial charge >= 0.3 is 0 Å². The molecule has 1 fully saturated rings. The Morgan fingerprint density at radius 3 is 2.42 bits per heavy atom. The monoisotopic (exact) mass is 420 g/mol. The first kappa shape index (κ1) is 21.1. The molecule has 7 heteroatoms. The van der Waals surface area contributed by atoms with E-state index >= 15 is 0 Å². The van der Waals surface area contributed by atoms with Crippen LogP contribution < -0.4 is 4.74 Å². The van der Waals surface area contributed by atoms with Crippen LogP contribution in [0.15, 0.2) is 53.1 Å². The molecule has 0 saturated carbocycles. The molecule has 1 amide bonds. The zero-order valence-corrected chi connectivity index (χ0v) is 18.1. The molecule has 2 heterocycles. The Kier molecular flexibility index (Phi) is 6.62. The van der Waals surface area contributed by atoms with Crippen LogP contribution >= 0.6 is 0 Å². The number of rotatable bonds is 7. The number of amides is 1. The summed E-state index contributed by atoms with van der Waals surface area (Å²) in [7, 11) is 1.64. The fraction of sp³-hybridized carbons (Fsp3) is 0.375. The van der Waals surface area contributed by atoms with Gasteiger partial charge in [0.1, 0.15) is 5.75 Å². The van der Waals surface area contributed by atoms with Gasteiger partial charge in [0.25, 0.3) is 0 Å². The molecular weight excluding hydrogens is 392 g/mol. The number of carbonyl (C=O) groups is 1. The first-order valence-electron chi connectivity index (χ1n) is 10.6. The van der Waals surface area contributed by atoms with Crippen LogP contribution in [0, 0.1) is 6.92 Å². The maximum Gasteiger partial charge on any atom is 0.241 e. The van der Waals surface area contributed by atoms with Gasteiger partial charge in [0.15, 0.2) is 0 Å². The standard InChI is InChI=1S/C24H28N4O3/c1-18-3-5-19(6-4-18)7-12-23(29)28-15-13-27(14-16-28)17-22-25-24(26-31-22)20-8-10-21(30-2)11-9-20/h3-6,8-11H,7,12-17H2,1-2H3. The molecule has 0 bridgehead atoms. The number of hydrogen-bond acceptors (Lipinski definition) is 6. The molecule has 31 heavy (non-hydrogen) atoms. The average Bonchev–Trinajstić information content (AvgIpc) is 3.27. The van der Waals surface area contributed by atoms with Crippen molar-refractivity contribution in [3.63, 3.8) is 0 Å². The van der Waals surface area contributed by atoms with E-state index in [9.17, 15) is 4.79 Å². The van der Waals surface area contributed by atoms with Crippen molar-refractivity contribution in [1.29, 1.82) is 0 Å². The summed E-state index contributed by atoms with van der Waals surface area (Å²) in [6.45, 7) is 5.72. The fourth-order valence-corrected chi connectivity index (χ4v) is 3.69. The van der Waals surface area contributed by atoms with Gasteiger partial charge in [-0.05, 0) is 43.2 Å². The van der Waals surface area contributed by atoms with E-state index in [-0.39, 0.29) is 5.91 Å². The van der Waals surface area contributed by atoms with Crippen LogP contribution in [0.2, 0.25) is 0 Å². The molecule has 0 atom stereocenters. The highest BCUT2D eigenvalue weighted by Gasteiger charge is 2.22. The second kappa shape index (κ2) is 9.75. The molecule has 2 aromatic carbocycles. The predicted octanol–water partition coefficient (Wildman–Crippen LogP) is 3.33. The third-order valence-corrected chi connectivity index (χ3v) is 5.65. The van der Waals surface area contributed by atoms with Gasteiger partial charge in [0, 0.05) is 38.2 Å². The average molecular weight is 421 g/mol. The zero-order chi connectivity index (χ0) is 21.6. The van der Waals surface area contributed by atoms with Crippen LogP contribution in [0.1, 0.15) is 23.4 Å². The molecule has 7 nitrogen and oxygen atoms in total. The number of methoxy groups -OCH3 is 1. The van der Waals surface area contributed by atoms with Crippen molar-refractivity contribution in [2.75, 3.05) is 33.3 Å². The molecule has 1 saturated heterocycles. The molecule has 0 radical (unpaired) electrons. The molecule has 1 aromatic heterocycles. The normalized spacial score (nSPS) is 14.6. The Hall–Kier alpha value is -3.19. The van der Waals surface area contributed by atoms with E-state index in [0.717, 1.165) is 43.9 Å². The van der Waals surface area contributed by atoms with Gasteiger partial charge in [-0.2, -0.15) is 4.98 Å². The van der Waals surface area contributed by atoms with Crippen molar-refractivity contribution in [2.45, 2.75) is 26.3 Å². The first-order valence-corrected chi connectivity index (χ1v) is 10.6. The molecule has 0 unspecified atom stereocenters. The largest absolute Gasteiger partial charge is 0.497 e. The maximum absolute atomic E-state index is 12.6. The van der Waals surface area contributed by atoms with E-state index in [1.807, 2.05) is 29.2 Å². The quantitative estimate of drug-likeness (QED) is 0.584. The lowest BCUT2D eigenvalue weighted by molar-refractivity contribution is -0.133. The van der Waals surface area contributed by atoms with Crippen molar-refractivity contribution in [3.8, 4) is 17.1 Å². The Balaban J connectivity index is 1.24. The second-order valence-electron chi connectivity index (χ2n) is 7.88. The minimum atomic E-state index is 0.222. The summed E-state index contributed by atoms with van der Waals surface area (Å²) in [4.78, 5) is 21.3. The summed E-state index contributed by atoms with van der Waals surface area (Å²) in [6, 6.07) is 16.0. The van der Waals surface area contributed by atoms with Crippen LogP contribution in [-0.4, -0.2) is 59.1 Å². The molecule has 1 aliphatic heterocycles. The molecule has 0 N–H and O–H groups in total. The Morgan fingerprint density at radius 1 is 1.03 bits per heavy atom. The van der Waals surface area contributed by atoms with Crippen LogP contribution in [0.3, 0.4) is 0 Å². The second-order valence-corrected chi connectivity index (χ2v) is 7.88. The van der Waals surface area contributed by atoms with Crippen molar-refractivity contribution in [3.05, 3.63) is 65.5 Å². The number of carbonyl (C=O) groups excluding carboxylic acids is 1. The lowest BCUT2D eigenvalue weighted by Gasteiger charge is -2.34. The van der Waals surface area contributed by atoms with Gasteiger partial charge in [-0.3, -0.25) is 9.69 Å². The maximum atomic E-state index is 12.6. The number of piperazine rings is 1. The first-order chi connectivity index (χ1) is 15.1. The molecule has 0 spiro atoms. The lowest BCUT2D eigenvalue weighted by atomic mass is 10.1. The minimum absolute atomic E-state index is 0.222. The number of benzene rings is 2. The molecule has 1 aliphatic rings.